The van der Waals surface area contributed by atoms with Crippen LogP contribution in [0.5, 0.6) is 0 Å². The average Bonchev–Trinajstić information content (AvgIpc) is 3.18. The molecular weight excluding hydrogens is 383 g/mol. The molecular formula is C18H20ClMnN2O3. The maximum atomic E-state index is 7.75. The third kappa shape index (κ3) is 8.25. The van der Waals surface area contributed by atoms with Crippen LogP contribution < -0.4 is 5.32 Å². The summed E-state index contributed by atoms with van der Waals surface area (Å²) in [6.07, 6.45) is 7.34. The Hall–Kier alpha value is -1.75. The molecule has 0 bridgehead atoms. The van der Waals surface area contributed by atoms with E-state index in [1.54, 1.807) is 0 Å². The van der Waals surface area contributed by atoms with E-state index in [0.717, 1.165) is 28.4 Å². The average molecular weight is 403 g/mol. The van der Waals surface area contributed by atoms with Crippen LogP contribution >= 0.6 is 11.6 Å². The largest absolute Gasteiger partial charge is 3.00 e. The quantitative estimate of drug-likeness (QED) is 0.481. The molecule has 3 rings (SSSR count). The molecule has 25 heavy (non-hydrogen) atoms. The fourth-order valence-electron chi connectivity index (χ4n) is 2.74. The van der Waals surface area contributed by atoms with Gasteiger partial charge in [-0.1, -0.05) is 24.4 Å². The van der Waals surface area contributed by atoms with Crippen molar-refractivity contribution in [3.63, 3.8) is 0 Å². The van der Waals surface area contributed by atoms with E-state index >= 15 is 0 Å². The first-order valence-corrected chi connectivity index (χ1v) is 7.69. The zero-order valence-electron chi connectivity index (χ0n) is 13.7. The standard InChI is InChI=1S/C15H17ClN2.3CHO.Mn/c16-12-5-6-13-14(7-8-17-15(13)9-12)18-10-11-3-1-2-4-11;3*1-2;/h5-9,11H,1-4,10H2,(H,17,18);3*1H;/q;3*-1;+3. The summed E-state index contributed by atoms with van der Waals surface area (Å²) in [4.78, 5) is 27.6. The van der Waals surface area contributed by atoms with Gasteiger partial charge in [-0.25, -0.2) is 0 Å². The molecule has 0 unspecified atom stereocenters. The van der Waals surface area contributed by atoms with E-state index in [1.165, 1.54) is 31.4 Å². The van der Waals surface area contributed by atoms with Crippen molar-refractivity contribution in [3.8, 4) is 0 Å². The normalized spacial score (nSPS) is 12.2. The minimum absolute atomic E-state index is 0. The molecule has 0 radical (unpaired) electrons. The number of fused-ring (bicyclic) bond motifs is 1. The molecule has 1 aliphatic carbocycles. The number of aromatic nitrogens is 1. The molecule has 1 heterocycles. The first-order valence-electron chi connectivity index (χ1n) is 7.32. The van der Waals surface area contributed by atoms with Crippen molar-refractivity contribution >= 4 is 48.6 Å². The smallest absolute Gasteiger partial charge is 0.545 e. The Bertz CT molecular complexity index is 605. The fourth-order valence-corrected chi connectivity index (χ4v) is 2.91. The van der Waals surface area contributed by atoms with Crippen molar-refractivity contribution in [1.29, 1.82) is 0 Å². The predicted octanol–water partition coefficient (Wildman–Crippen LogP) is 3.67. The molecule has 1 N–H and O–H groups in total. The number of halogens is 1. The van der Waals surface area contributed by atoms with Gasteiger partial charge in [-0.15, -0.1) is 0 Å². The number of rotatable bonds is 3. The van der Waals surface area contributed by atoms with Gasteiger partial charge in [0.25, 0.3) is 0 Å². The Morgan fingerprint density at radius 2 is 1.64 bits per heavy atom. The van der Waals surface area contributed by atoms with E-state index < -0.39 is 0 Å². The van der Waals surface area contributed by atoms with Crippen LogP contribution in [0.25, 0.3) is 10.9 Å². The molecule has 5 nitrogen and oxygen atoms in total. The van der Waals surface area contributed by atoms with Crippen LogP contribution in [0.1, 0.15) is 25.7 Å². The molecule has 1 saturated carbocycles. The van der Waals surface area contributed by atoms with Crippen LogP contribution in [0.3, 0.4) is 0 Å². The van der Waals surface area contributed by atoms with Gasteiger partial charge in [-0.05, 0) is 43.0 Å². The summed E-state index contributed by atoms with van der Waals surface area (Å²) in [7, 11) is 0. The number of pyridine rings is 1. The maximum Gasteiger partial charge on any atom is 3.00 e. The van der Waals surface area contributed by atoms with Crippen LogP contribution in [0.4, 0.5) is 5.69 Å². The topological polar surface area (TPSA) is 76.1 Å². The number of anilines is 1. The van der Waals surface area contributed by atoms with E-state index in [4.69, 9.17) is 26.0 Å². The molecule has 0 spiro atoms. The summed E-state index contributed by atoms with van der Waals surface area (Å²) >= 11 is 5.99. The van der Waals surface area contributed by atoms with Crippen molar-refractivity contribution in [2.24, 2.45) is 5.92 Å². The minimum atomic E-state index is 0. The second-order valence-corrected chi connectivity index (χ2v) is 5.49. The van der Waals surface area contributed by atoms with E-state index in [0.29, 0.717) is 0 Å². The van der Waals surface area contributed by atoms with Gasteiger partial charge in [0.1, 0.15) is 0 Å². The zero-order valence-corrected chi connectivity index (χ0v) is 15.6. The Balaban J connectivity index is 0. The molecule has 1 aromatic heterocycles. The second-order valence-electron chi connectivity index (χ2n) is 5.05. The van der Waals surface area contributed by atoms with Crippen molar-refractivity contribution in [2.75, 3.05) is 11.9 Å². The van der Waals surface area contributed by atoms with E-state index in [-0.39, 0.29) is 17.1 Å². The number of nitrogens with zero attached hydrogens (tertiary/aromatic N) is 1. The summed E-state index contributed by atoms with van der Waals surface area (Å²) in [6, 6.07) is 7.93. The van der Waals surface area contributed by atoms with Crippen LogP contribution in [-0.2, 0) is 31.5 Å². The van der Waals surface area contributed by atoms with Crippen molar-refractivity contribution < 1.29 is 31.5 Å². The van der Waals surface area contributed by atoms with Crippen LogP contribution in [0.2, 0.25) is 5.02 Å². The van der Waals surface area contributed by atoms with Gasteiger partial charge in [0, 0.05) is 28.8 Å². The number of carbonyl (C=O) groups excluding carboxylic acids is 3. The van der Waals surface area contributed by atoms with Crippen LogP contribution in [0.15, 0.2) is 30.5 Å². The van der Waals surface area contributed by atoms with Crippen LogP contribution in [-0.4, -0.2) is 31.9 Å². The molecule has 1 aromatic carbocycles. The fraction of sp³-hybridized carbons (Fsp3) is 0.333. The van der Waals surface area contributed by atoms with Crippen LogP contribution in [0, 0.1) is 5.92 Å². The molecule has 2 aromatic rings. The van der Waals surface area contributed by atoms with E-state index in [9.17, 15) is 0 Å². The van der Waals surface area contributed by atoms with Gasteiger partial charge in [0.05, 0.1) is 5.52 Å². The van der Waals surface area contributed by atoms with Crippen molar-refractivity contribution in [2.45, 2.75) is 25.7 Å². The zero-order chi connectivity index (χ0) is 18.4. The Kier molecular flexibility index (Phi) is 16.1. The van der Waals surface area contributed by atoms with Gasteiger partial charge in [0.2, 0.25) is 0 Å². The van der Waals surface area contributed by atoms with Gasteiger partial charge in [0.15, 0.2) is 0 Å². The summed E-state index contributed by atoms with van der Waals surface area (Å²) in [5.41, 5.74) is 2.13. The Labute approximate surface area is 164 Å². The predicted molar refractivity (Wildman–Crippen MR) is 97.5 cm³/mol. The molecule has 0 aliphatic heterocycles. The number of hydrogen-bond donors (Lipinski definition) is 1. The van der Waals surface area contributed by atoms with Crippen molar-refractivity contribution in [1.82, 2.24) is 4.98 Å². The number of hydrogen-bond acceptors (Lipinski definition) is 5. The van der Waals surface area contributed by atoms with E-state index in [2.05, 4.69) is 30.7 Å². The molecule has 7 heteroatoms. The summed E-state index contributed by atoms with van der Waals surface area (Å²) in [6.45, 7) is 10.8. The van der Waals surface area contributed by atoms with Gasteiger partial charge >= 0.3 is 17.1 Å². The number of nitrogens with one attached hydrogen (secondary N) is 1. The van der Waals surface area contributed by atoms with Gasteiger partial charge in [-0.3, -0.25) is 25.4 Å². The molecule has 0 atom stereocenters. The third-order valence-electron chi connectivity index (χ3n) is 3.76. The van der Waals surface area contributed by atoms with E-state index in [1.807, 2.05) is 30.5 Å². The molecule has 0 saturated heterocycles. The molecule has 134 valence electrons. The minimum Gasteiger partial charge on any atom is -0.545 e. The van der Waals surface area contributed by atoms with Gasteiger partial charge < -0.3 is 19.7 Å². The molecule has 1 aliphatic rings. The molecule has 1 fully saturated rings. The first-order chi connectivity index (χ1) is 11.8. The Morgan fingerprint density at radius 1 is 1.04 bits per heavy atom. The summed E-state index contributed by atoms with van der Waals surface area (Å²) in [5, 5.41) is 5.46. The third-order valence-corrected chi connectivity index (χ3v) is 4.00. The summed E-state index contributed by atoms with van der Waals surface area (Å²) in [5.74, 6) is 0.834. The van der Waals surface area contributed by atoms with Crippen molar-refractivity contribution in [3.05, 3.63) is 35.5 Å². The number of benzene rings is 1. The first kappa shape index (κ1) is 25.5. The SMILES string of the molecule is Clc1ccc2c(NCC3CCCC3)ccnc2c1.[CH-]=O.[CH-]=O.[CH-]=O.[Mn+3]. The summed E-state index contributed by atoms with van der Waals surface area (Å²) < 4.78 is 0. The second kappa shape index (κ2) is 15.8. The van der Waals surface area contributed by atoms with Gasteiger partial charge in [-0.2, -0.15) is 0 Å². The maximum absolute atomic E-state index is 7.75. The Morgan fingerprint density at radius 3 is 2.24 bits per heavy atom. The molecule has 0 amide bonds. The monoisotopic (exact) mass is 402 g/mol.